The summed E-state index contributed by atoms with van der Waals surface area (Å²) in [6.07, 6.45) is 3.48. The lowest BCUT2D eigenvalue weighted by Gasteiger charge is -2.36. The van der Waals surface area contributed by atoms with Crippen LogP contribution in [-0.4, -0.2) is 11.6 Å². The van der Waals surface area contributed by atoms with Gasteiger partial charge in [-0.3, -0.25) is 0 Å². The van der Waals surface area contributed by atoms with Crippen molar-refractivity contribution in [1.29, 1.82) is 0 Å². The number of anilines is 1. The van der Waals surface area contributed by atoms with E-state index in [-0.39, 0.29) is 6.10 Å². The van der Waals surface area contributed by atoms with Crippen LogP contribution in [0.25, 0.3) is 10.9 Å². The zero-order chi connectivity index (χ0) is 14.5. The van der Waals surface area contributed by atoms with Gasteiger partial charge >= 0.3 is 0 Å². The molecule has 3 heteroatoms. The number of aromatic amines is 1. The Morgan fingerprint density at radius 3 is 2.82 bits per heavy atom. The molecule has 0 saturated carbocycles. The van der Waals surface area contributed by atoms with Crippen molar-refractivity contribution >= 4 is 16.6 Å². The second kappa shape index (κ2) is 4.62. The number of hydrogen-bond acceptors (Lipinski definition) is 2. The van der Waals surface area contributed by atoms with E-state index in [1.54, 1.807) is 0 Å². The van der Waals surface area contributed by atoms with E-state index in [0.29, 0.717) is 12.0 Å². The highest BCUT2D eigenvalue weighted by Gasteiger charge is 2.41. The molecule has 0 amide bonds. The maximum absolute atomic E-state index is 6.07. The van der Waals surface area contributed by atoms with Crippen molar-refractivity contribution < 1.29 is 4.74 Å². The minimum atomic E-state index is 0.219. The highest BCUT2D eigenvalue weighted by atomic mass is 16.5. The molecule has 0 bridgehead atoms. The van der Waals surface area contributed by atoms with Gasteiger partial charge in [0.1, 0.15) is 0 Å². The quantitative estimate of drug-likeness (QED) is 0.696. The van der Waals surface area contributed by atoms with E-state index >= 15 is 0 Å². The van der Waals surface area contributed by atoms with Crippen molar-refractivity contribution in [2.24, 2.45) is 5.92 Å². The average molecular weight is 290 g/mol. The highest BCUT2D eigenvalue weighted by Crippen LogP contribution is 2.50. The third-order valence-corrected chi connectivity index (χ3v) is 5.10. The van der Waals surface area contributed by atoms with Crippen LogP contribution >= 0.6 is 0 Å². The molecule has 1 fully saturated rings. The first-order chi connectivity index (χ1) is 10.9. The molecule has 2 aliphatic rings. The number of H-pyrrole nitrogens is 1. The number of para-hydroxylation sites is 2. The fraction of sp³-hybridized carbons (Fsp3) is 0.263. The molecule has 3 nitrogen and oxygen atoms in total. The third kappa shape index (κ3) is 1.66. The predicted molar refractivity (Wildman–Crippen MR) is 87.9 cm³/mol. The van der Waals surface area contributed by atoms with Gasteiger partial charge in [0.05, 0.1) is 12.1 Å². The Bertz CT molecular complexity index is 838. The van der Waals surface area contributed by atoms with E-state index < -0.39 is 0 Å². The van der Waals surface area contributed by atoms with E-state index in [1.165, 1.54) is 27.7 Å². The first-order valence-electron chi connectivity index (χ1n) is 7.95. The third-order valence-electron chi connectivity index (χ3n) is 5.10. The number of benzene rings is 2. The molecule has 0 radical (unpaired) electrons. The SMILES string of the molecule is c1ccc2c(c1)NC(c1c[nH]c3ccccc13)C1CCOC21. The second-order valence-electron chi connectivity index (χ2n) is 6.24. The lowest BCUT2D eigenvalue weighted by Crippen LogP contribution is -2.29. The van der Waals surface area contributed by atoms with Crippen molar-refractivity contribution in [2.75, 3.05) is 11.9 Å². The summed E-state index contributed by atoms with van der Waals surface area (Å²) in [7, 11) is 0. The summed E-state index contributed by atoms with van der Waals surface area (Å²) in [5.41, 5.74) is 5.07. The van der Waals surface area contributed by atoms with E-state index in [1.807, 2.05) is 0 Å². The Hall–Kier alpha value is -2.26. The molecule has 0 aliphatic carbocycles. The summed E-state index contributed by atoms with van der Waals surface area (Å²) < 4.78 is 6.07. The first kappa shape index (κ1) is 12.3. The summed E-state index contributed by atoms with van der Waals surface area (Å²) in [6, 6.07) is 17.4. The van der Waals surface area contributed by atoms with Gasteiger partial charge in [0.2, 0.25) is 0 Å². The minimum absolute atomic E-state index is 0.219. The van der Waals surface area contributed by atoms with Crippen LogP contribution in [0.1, 0.15) is 29.7 Å². The van der Waals surface area contributed by atoms with Crippen LogP contribution in [0, 0.1) is 5.92 Å². The molecule has 2 aromatic carbocycles. The summed E-state index contributed by atoms with van der Waals surface area (Å²) >= 11 is 0. The largest absolute Gasteiger partial charge is 0.377 e. The molecular formula is C19H18N2O. The molecule has 2 N–H and O–H groups in total. The number of fused-ring (bicyclic) bond motifs is 4. The highest BCUT2D eigenvalue weighted by molar-refractivity contribution is 5.84. The number of nitrogens with one attached hydrogen (secondary N) is 2. The van der Waals surface area contributed by atoms with Crippen molar-refractivity contribution in [3.8, 4) is 0 Å². The van der Waals surface area contributed by atoms with Crippen molar-refractivity contribution in [1.82, 2.24) is 4.98 Å². The van der Waals surface area contributed by atoms with Gasteiger partial charge in [-0.1, -0.05) is 36.4 Å². The molecule has 2 aliphatic heterocycles. The van der Waals surface area contributed by atoms with Gasteiger partial charge in [-0.15, -0.1) is 0 Å². The normalized spacial score (nSPS) is 26.5. The summed E-state index contributed by atoms with van der Waals surface area (Å²) in [5.74, 6) is 0.495. The predicted octanol–water partition coefficient (Wildman–Crippen LogP) is 4.41. The Labute approximate surface area is 129 Å². The average Bonchev–Trinajstić information content (AvgIpc) is 3.21. The van der Waals surface area contributed by atoms with Crippen LogP contribution in [0.4, 0.5) is 5.69 Å². The van der Waals surface area contributed by atoms with Gasteiger partial charge in [-0.2, -0.15) is 0 Å². The van der Waals surface area contributed by atoms with E-state index in [0.717, 1.165) is 13.0 Å². The van der Waals surface area contributed by atoms with Gasteiger partial charge < -0.3 is 15.0 Å². The molecule has 22 heavy (non-hydrogen) atoms. The molecule has 110 valence electrons. The molecule has 3 unspecified atom stereocenters. The Balaban J connectivity index is 1.66. The van der Waals surface area contributed by atoms with Gasteiger partial charge in [-0.25, -0.2) is 0 Å². The number of rotatable bonds is 1. The monoisotopic (exact) mass is 290 g/mol. The van der Waals surface area contributed by atoms with Gasteiger partial charge in [0.25, 0.3) is 0 Å². The summed E-state index contributed by atoms with van der Waals surface area (Å²) in [6.45, 7) is 0.851. The zero-order valence-corrected chi connectivity index (χ0v) is 12.3. The molecule has 0 spiro atoms. The fourth-order valence-electron chi connectivity index (χ4n) is 4.08. The smallest absolute Gasteiger partial charge is 0.0896 e. The lowest BCUT2D eigenvalue weighted by atomic mass is 9.81. The standard InChI is InChI=1S/C19H18N2O/c1-3-7-16-12(5-1)15(11-20-16)18-14-9-10-22-19(14)13-6-2-4-8-17(13)21-18/h1-8,11,14,18-21H,9-10H2. The fourth-order valence-corrected chi connectivity index (χ4v) is 4.08. The minimum Gasteiger partial charge on any atom is -0.377 e. The number of aromatic nitrogens is 1. The van der Waals surface area contributed by atoms with E-state index in [2.05, 4.69) is 65.0 Å². The van der Waals surface area contributed by atoms with Crippen molar-refractivity contribution in [2.45, 2.75) is 18.6 Å². The van der Waals surface area contributed by atoms with Crippen molar-refractivity contribution in [3.63, 3.8) is 0 Å². The topological polar surface area (TPSA) is 37.0 Å². The van der Waals surface area contributed by atoms with Gasteiger partial charge in [-0.05, 0) is 24.1 Å². The van der Waals surface area contributed by atoms with Gasteiger partial charge in [0.15, 0.2) is 0 Å². The van der Waals surface area contributed by atoms with Gasteiger partial charge in [0, 0.05) is 40.9 Å². The van der Waals surface area contributed by atoms with E-state index in [4.69, 9.17) is 4.74 Å². The Morgan fingerprint density at radius 2 is 1.82 bits per heavy atom. The summed E-state index contributed by atoms with van der Waals surface area (Å²) in [4.78, 5) is 3.41. The first-order valence-corrected chi connectivity index (χ1v) is 7.95. The number of ether oxygens (including phenoxy) is 1. The zero-order valence-electron chi connectivity index (χ0n) is 12.3. The number of hydrogen-bond donors (Lipinski definition) is 2. The maximum atomic E-state index is 6.07. The molecule has 3 atom stereocenters. The Morgan fingerprint density at radius 1 is 0.955 bits per heavy atom. The maximum Gasteiger partial charge on any atom is 0.0896 e. The molecule has 5 rings (SSSR count). The van der Waals surface area contributed by atoms with Crippen molar-refractivity contribution in [3.05, 3.63) is 65.9 Å². The van der Waals surface area contributed by atoms with Crippen LogP contribution in [0.5, 0.6) is 0 Å². The molecule has 3 heterocycles. The van der Waals surface area contributed by atoms with Crippen LogP contribution in [-0.2, 0) is 4.74 Å². The van der Waals surface area contributed by atoms with Crippen LogP contribution in [0.2, 0.25) is 0 Å². The molecular weight excluding hydrogens is 272 g/mol. The van der Waals surface area contributed by atoms with Crippen LogP contribution < -0.4 is 5.32 Å². The molecule has 1 saturated heterocycles. The summed E-state index contributed by atoms with van der Waals surface area (Å²) in [5, 5.41) is 5.07. The Kier molecular flexibility index (Phi) is 2.58. The lowest BCUT2D eigenvalue weighted by molar-refractivity contribution is 0.0830. The van der Waals surface area contributed by atoms with Crippen LogP contribution in [0.15, 0.2) is 54.7 Å². The second-order valence-corrected chi connectivity index (χ2v) is 6.24. The molecule has 3 aromatic rings. The molecule has 1 aromatic heterocycles. The van der Waals surface area contributed by atoms with Crippen LogP contribution in [0.3, 0.4) is 0 Å². The van der Waals surface area contributed by atoms with E-state index in [9.17, 15) is 0 Å².